The molecule has 0 aromatic heterocycles. The van der Waals surface area contributed by atoms with Gasteiger partial charge >= 0.3 is 0 Å². The highest BCUT2D eigenvalue weighted by Gasteiger charge is 2.15. The predicted molar refractivity (Wildman–Crippen MR) is 70.2 cm³/mol. The lowest BCUT2D eigenvalue weighted by Gasteiger charge is -2.22. The number of likely N-dealkylation sites (N-methyl/N-ethyl adjacent to an activating group) is 1. The number of hydrogen-bond donors (Lipinski definition) is 2. The summed E-state index contributed by atoms with van der Waals surface area (Å²) in [6, 6.07) is 4.19. The van der Waals surface area contributed by atoms with Crippen LogP contribution < -0.4 is 0 Å². The highest BCUT2D eigenvalue weighted by molar-refractivity contribution is 5.39. The zero-order valence-electron chi connectivity index (χ0n) is 11.2. The molecule has 0 fully saturated rings. The number of hydrogen-bond acceptors (Lipinski definition) is 3. The molecule has 3 nitrogen and oxygen atoms in total. The summed E-state index contributed by atoms with van der Waals surface area (Å²) in [5.41, 5.74) is 4.50. The molecule has 2 N–H and O–H groups in total. The van der Waals surface area contributed by atoms with Gasteiger partial charge in [0.1, 0.15) is 0 Å². The van der Waals surface area contributed by atoms with Gasteiger partial charge in [-0.1, -0.05) is 17.7 Å². The highest BCUT2D eigenvalue weighted by atomic mass is 16.3. The van der Waals surface area contributed by atoms with Gasteiger partial charge in [0.25, 0.3) is 0 Å². The Hall–Kier alpha value is -0.900. The van der Waals surface area contributed by atoms with Gasteiger partial charge in [0.15, 0.2) is 0 Å². The second-order valence-corrected chi connectivity index (χ2v) is 4.81. The standard InChI is InChI=1S/C14H23NO2/c1-10-7-11(2)14(12(3)8-10)13(17)9-15(4)5-6-16/h7-8,13,16-17H,5-6,9H2,1-4H3. The third-order valence-electron chi connectivity index (χ3n) is 3.04. The number of nitrogens with zero attached hydrogens (tertiary/aromatic N) is 1. The molecule has 0 aliphatic carbocycles. The second-order valence-electron chi connectivity index (χ2n) is 4.81. The fourth-order valence-corrected chi connectivity index (χ4v) is 2.37. The van der Waals surface area contributed by atoms with E-state index in [-0.39, 0.29) is 6.61 Å². The van der Waals surface area contributed by atoms with Crippen LogP contribution in [0.2, 0.25) is 0 Å². The van der Waals surface area contributed by atoms with E-state index in [1.54, 1.807) is 0 Å². The monoisotopic (exact) mass is 237 g/mol. The normalized spacial score (nSPS) is 13.1. The molecule has 1 rings (SSSR count). The quantitative estimate of drug-likeness (QED) is 0.817. The van der Waals surface area contributed by atoms with Crippen molar-refractivity contribution in [1.82, 2.24) is 4.90 Å². The molecular formula is C14H23NO2. The first kappa shape index (κ1) is 14.2. The Morgan fingerprint density at radius 1 is 1.18 bits per heavy atom. The van der Waals surface area contributed by atoms with Gasteiger partial charge in [-0.25, -0.2) is 0 Å². The van der Waals surface area contributed by atoms with E-state index in [1.807, 2.05) is 25.8 Å². The Balaban J connectivity index is 2.85. The zero-order valence-corrected chi connectivity index (χ0v) is 11.2. The molecule has 0 aliphatic heterocycles. The molecule has 1 atom stereocenters. The summed E-state index contributed by atoms with van der Waals surface area (Å²) in [5.74, 6) is 0. The van der Waals surface area contributed by atoms with Crippen LogP contribution in [0.1, 0.15) is 28.4 Å². The van der Waals surface area contributed by atoms with Gasteiger partial charge < -0.3 is 15.1 Å². The maximum Gasteiger partial charge on any atom is 0.0921 e. The molecule has 0 radical (unpaired) electrons. The number of aryl methyl sites for hydroxylation is 3. The first-order valence-corrected chi connectivity index (χ1v) is 6.01. The summed E-state index contributed by atoms with van der Waals surface area (Å²) in [5, 5.41) is 19.1. The van der Waals surface area contributed by atoms with E-state index in [9.17, 15) is 5.11 Å². The first-order chi connectivity index (χ1) is 7.95. The van der Waals surface area contributed by atoms with Gasteiger partial charge in [0, 0.05) is 13.1 Å². The Labute approximate surface area is 104 Å². The Morgan fingerprint density at radius 3 is 2.18 bits per heavy atom. The average Bonchev–Trinajstić information content (AvgIpc) is 2.15. The van der Waals surface area contributed by atoms with E-state index in [4.69, 9.17) is 5.11 Å². The minimum absolute atomic E-state index is 0.120. The van der Waals surface area contributed by atoms with Crippen molar-refractivity contribution in [2.24, 2.45) is 0 Å². The Bertz CT molecular complexity index is 353. The molecule has 1 aromatic rings. The maximum absolute atomic E-state index is 10.2. The average molecular weight is 237 g/mol. The van der Waals surface area contributed by atoms with Gasteiger partial charge in [-0.15, -0.1) is 0 Å². The molecule has 0 saturated heterocycles. The summed E-state index contributed by atoms with van der Waals surface area (Å²) in [4.78, 5) is 1.93. The summed E-state index contributed by atoms with van der Waals surface area (Å²) < 4.78 is 0. The smallest absolute Gasteiger partial charge is 0.0921 e. The molecular weight excluding hydrogens is 214 g/mol. The minimum Gasteiger partial charge on any atom is -0.395 e. The van der Waals surface area contributed by atoms with Crippen molar-refractivity contribution < 1.29 is 10.2 Å². The highest BCUT2D eigenvalue weighted by Crippen LogP contribution is 2.23. The number of aliphatic hydroxyl groups excluding tert-OH is 2. The Morgan fingerprint density at radius 2 is 1.71 bits per heavy atom. The molecule has 1 aromatic carbocycles. The molecule has 0 saturated carbocycles. The van der Waals surface area contributed by atoms with Crippen LogP contribution in [-0.2, 0) is 0 Å². The van der Waals surface area contributed by atoms with Gasteiger partial charge in [-0.05, 0) is 44.5 Å². The summed E-state index contributed by atoms with van der Waals surface area (Å²) in [6.45, 7) is 7.38. The molecule has 0 spiro atoms. The molecule has 0 amide bonds. The van der Waals surface area contributed by atoms with Gasteiger partial charge in [0.2, 0.25) is 0 Å². The number of rotatable bonds is 5. The molecule has 1 unspecified atom stereocenters. The number of aliphatic hydroxyl groups is 2. The summed E-state index contributed by atoms with van der Waals surface area (Å²) in [6.07, 6.45) is -0.493. The molecule has 17 heavy (non-hydrogen) atoms. The van der Waals surface area contributed by atoms with Crippen LogP contribution in [0.3, 0.4) is 0 Å². The summed E-state index contributed by atoms with van der Waals surface area (Å²) >= 11 is 0. The molecule has 0 aliphatic rings. The lowest BCUT2D eigenvalue weighted by Crippen LogP contribution is -2.28. The fourth-order valence-electron chi connectivity index (χ4n) is 2.37. The van der Waals surface area contributed by atoms with Crippen LogP contribution >= 0.6 is 0 Å². The predicted octanol–water partition coefficient (Wildman–Crippen LogP) is 1.57. The van der Waals surface area contributed by atoms with Crippen LogP contribution in [-0.4, -0.2) is 41.9 Å². The van der Waals surface area contributed by atoms with E-state index >= 15 is 0 Å². The second kappa shape index (κ2) is 6.15. The van der Waals surface area contributed by atoms with Crippen LogP contribution in [0.25, 0.3) is 0 Å². The van der Waals surface area contributed by atoms with Crippen molar-refractivity contribution in [3.63, 3.8) is 0 Å². The SMILES string of the molecule is Cc1cc(C)c(C(O)CN(C)CCO)c(C)c1. The lowest BCUT2D eigenvalue weighted by atomic mass is 9.95. The van der Waals surface area contributed by atoms with E-state index in [0.717, 1.165) is 16.7 Å². The van der Waals surface area contributed by atoms with Crippen molar-refractivity contribution >= 4 is 0 Å². The van der Waals surface area contributed by atoms with Gasteiger partial charge in [-0.2, -0.15) is 0 Å². The molecule has 0 heterocycles. The van der Waals surface area contributed by atoms with Crippen molar-refractivity contribution in [2.45, 2.75) is 26.9 Å². The van der Waals surface area contributed by atoms with Gasteiger partial charge in [-0.3, -0.25) is 0 Å². The molecule has 3 heteroatoms. The lowest BCUT2D eigenvalue weighted by molar-refractivity contribution is 0.114. The minimum atomic E-state index is -0.493. The van der Waals surface area contributed by atoms with E-state index in [1.165, 1.54) is 5.56 Å². The van der Waals surface area contributed by atoms with Crippen LogP contribution in [0.15, 0.2) is 12.1 Å². The Kier molecular flexibility index (Phi) is 5.12. The molecule has 0 bridgehead atoms. The van der Waals surface area contributed by atoms with Crippen molar-refractivity contribution in [3.8, 4) is 0 Å². The third kappa shape index (κ3) is 3.80. The van der Waals surface area contributed by atoms with Crippen molar-refractivity contribution in [3.05, 3.63) is 34.4 Å². The number of benzene rings is 1. The third-order valence-corrected chi connectivity index (χ3v) is 3.04. The van der Waals surface area contributed by atoms with Crippen LogP contribution in [0, 0.1) is 20.8 Å². The van der Waals surface area contributed by atoms with Crippen molar-refractivity contribution in [1.29, 1.82) is 0 Å². The van der Waals surface area contributed by atoms with E-state index in [2.05, 4.69) is 19.1 Å². The maximum atomic E-state index is 10.2. The van der Waals surface area contributed by atoms with Crippen LogP contribution in [0.5, 0.6) is 0 Å². The van der Waals surface area contributed by atoms with Gasteiger partial charge in [0.05, 0.1) is 12.7 Å². The zero-order chi connectivity index (χ0) is 13.0. The summed E-state index contributed by atoms with van der Waals surface area (Å²) in [7, 11) is 1.90. The van der Waals surface area contributed by atoms with E-state index < -0.39 is 6.10 Å². The van der Waals surface area contributed by atoms with Crippen molar-refractivity contribution in [2.75, 3.05) is 26.7 Å². The fraction of sp³-hybridized carbons (Fsp3) is 0.571. The van der Waals surface area contributed by atoms with E-state index in [0.29, 0.717) is 13.1 Å². The topological polar surface area (TPSA) is 43.7 Å². The molecule has 96 valence electrons. The first-order valence-electron chi connectivity index (χ1n) is 6.01. The largest absolute Gasteiger partial charge is 0.395 e. The van der Waals surface area contributed by atoms with Crippen LogP contribution in [0.4, 0.5) is 0 Å².